The van der Waals surface area contributed by atoms with Crippen molar-refractivity contribution in [2.24, 2.45) is 0 Å². The SMILES string of the molecule is CC/C=C\C/C=C\C/C=C\C/C=C\C/C=C\C/C=C\C/C=C\CCCCCCCCCCCCCCCCCC(=O)OC(COC(=O)CCCCCCCCCCCCCCCCCCCC/C=C\C/C=C\C/C=C\CCCCCCC)COP(=O)(O)OCC[N+](C)(C)C. The van der Waals surface area contributed by atoms with Crippen molar-refractivity contribution >= 4 is 19.8 Å². The molecule has 10 heteroatoms. The summed E-state index contributed by atoms with van der Waals surface area (Å²) in [6.07, 6.45) is 106. The fourth-order valence-electron chi connectivity index (χ4n) is 11.0. The number of rotatable bonds is 72. The zero-order valence-electron chi connectivity index (χ0n) is 61.9. The van der Waals surface area contributed by atoms with Crippen LogP contribution in [0.15, 0.2) is 122 Å². The Morgan fingerprint density at radius 1 is 0.340 bits per heavy atom. The third-order valence-corrected chi connectivity index (χ3v) is 18.0. The molecule has 0 aromatic carbocycles. The number of nitrogens with zero attached hydrogens (tertiary/aromatic N) is 1. The highest BCUT2D eigenvalue weighted by Crippen LogP contribution is 2.43. The molecule has 2 atom stereocenters. The Morgan fingerprint density at radius 2 is 0.606 bits per heavy atom. The summed E-state index contributed by atoms with van der Waals surface area (Å²) in [6, 6.07) is 0. The molecule has 0 saturated heterocycles. The Balaban J connectivity index is 3.99. The molecular formula is C84H149NO8P+. The fourth-order valence-corrected chi connectivity index (χ4v) is 11.7. The number of hydrogen-bond acceptors (Lipinski definition) is 7. The van der Waals surface area contributed by atoms with Gasteiger partial charge in [-0.15, -0.1) is 0 Å². The quantitative estimate of drug-likeness (QED) is 0.0211. The minimum Gasteiger partial charge on any atom is -0.462 e. The number of phosphoric acid groups is 1. The van der Waals surface area contributed by atoms with Gasteiger partial charge in [0.25, 0.3) is 0 Å². The van der Waals surface area contributed by atoms with Gasteiger partial charge in [-0.3, -0.25) is 18.6 Å². The Labute approximate surface area is 581 Å². The topological polar surface area (TPSA) is 108 Å². The largest absolute Gasteiger partial charge is 0.472 e. The summed E-state index contributed by atoms with van der Waals surface area (Å²) in [4.78, 5) is 36.0. The van der Waals surface area contributed by atoms with Crippen molar-refractivity contribution in [1.29, 1.82) is 0 Å². The van der Waals surface area contributed by atoms with Gasteiger partial charge in [0.15, 0.2) is 6.10 Å². The van der Waals surface area contributed by atoms with E-state index < -0.39 is 26.5 Å². The second kappa shape index (κ2) is 73.7. The van der Waals surface area contributed by atoms with Gasteiger partial charge < -0.3 is 18.9 Å². The number of hydrogen-bond donors (Lipinski definition) is 1. The molecule has 0 amide bonds. The van der Waals surface area contributed by atoms with Crippen LogP contribution >= 0.6 is 7.82 Å². The monoisotopic (exact) mass is 1330 g/mol. The van der Waals surface area contributed by atoms with E-state index >= 15 is 0 Å². The molecule has 0 heterocycles. The molecule has 1 N–H and O–H groups in total. The smallest absolute Gasteiger partial charge is 0.462 e. The normalized spacial score (nSPS) is 13.7. The number of esters is 2. The van der Waals surface area contributed by atoms with Crippen LogP contribution in [0.5, 0.6) is 0 Å². The first-order valence-corrected chi connectivity index (χ1v) is 40.8. The van der Waals surface area contributed by atoms with E-state index in [1.54, 1.807) is 0 Å². The highest BCUT2D eigenvalue weighted by molar-refractivity contribution is 7.47. The van der Waals surface area contributed by atoms with Crippen molar-refractivity contribution < 1.29 is 42.1 Å². The number of ether oxygens (including phenoxy) is 2. The van der Waals surface area contributed by atoms with Crippen LogP contribution in [0.3, 0.4) is 0 Å². The van der Waals surface area contributed by atoms with Gasteiger partial charge in [-0.1, -0.05) is 347 Å². The first-order valence-electron chi connectivity index (χ1n) is 39.3. The van der Waals surface area contributed by atoms with E-state index in [1.165, 1.54) is 218 Å². The maximum atomic E-state index is 12.9. The van der Waals surface area contributed by atoms with E-state index in [2.05, 4.69) is 135 Å². The number of allylic oxidation sites excluding steroid dienone is 20. The molecule has 0 aromatic heterocycles. The summed E-state index contributed by atoms with van der Waals surface area (Å²) in [7, 11) is 1.48. The zero-order valence-corrected chi connectivity index (χ0v) is 62.8. The molecule has 2 unspecified atom stereocenters. The van der Waals surface area contributed by atoms with Gasteiger partial charge in [-0.2, -0.15) is 0 Å². The van der Waals surface area contributed by atoms with Crippen LogP contribution in [0.2, 0.25) is 0 Å². The maximum absolute atomic E-state index is 12.9. The van der Waals surface area contributed by atoms with E-state index in [0.717, 1.165) is 96.3 Å². The molecule has 9 nitrogen and oxygen atoms in total. The summed E-state index contributed by atoms with van der Waals surface area (Å²) in [6.45, 7) is 4.34. The van der Waals surface area contributed by atoms with Gasteiger partial charge >= 0.3 is 19.8 Å². The minimum atomic E-state index is -4.40. The molecule has 0 rings (SSSR count). The number of quaternary nitrogens is 1. The average molecular weight is 1330 g/mol. The predicted octanol–water partition coefficient (Wildman–Crippen LogP) is 26.2. The summed E-state index contributed by atoms with van der Waals surface area (Å²) in [5.74, 6) is -0.788. The van der Waals surface area contributed by atoms with Gasteiger partial charge in [0.05, 0.1) is 27.7 Å². The summed E-state index contributed by atoms with van der Waals surface area (Å²) in [5.41, 5.74) is 0. The summed E-state index contributed by atoms with van der Waals surface area (Å²) < 4.78 is 34.8. The first kappa shape index (κ1) is 90.4. The minimum absolute atomic E-state index is 0.0291. The van der Waals surface area contributed by atoms with Crippen molar-refractivity contribution in [3.63, 3.8) is 0 Å². The molecule has 0 radical (unpaired) electrons. The standard InChI is InChI=1S/C84H148NO8P/c1-6-8-10-12-14-16-18-20-22-24-26-28-30-32-34-36-38-40-41-42-43-45-47-49-51-53-55-57-59-61-63-65-67-69-71-73-75-77-84(87)93-82(81-92-94(88,89)91-79-78-85(3,4)5)80-90-83(86)76-74-72-70-68-66-64-62-60-58-56-54-52-50-48-46-44-39-37-35-33-31-29-27-25-23-21-19-17-15-13-11-9-7-2/h8,10,14,16,19-22,25-28,31-34,38,40,42-43,82H,6-7,9,11-13,15,17-18,23-24,29-30,35-37,39,41,44-81H2,1-5H3/p+1/b10-8-,16-14-,21-19-,22-20-,27-25-,28-26-,33-31-,34-32-,40-38-,43-42-. The van der Waals surface area contributed by atoms with E-state index in [0.29, 0.717) is 17.4 Å². The average Bonchev–Trinajstić information content (AvgIpc) is 1.56. The van der Waals surface area contributed by atoms with Gasteiger partial charge in [-0.25, -0.2) is 4.57 Å². The number of phosphoric ester groups is 1. The molecule has 542 valence electrons. The van der Waals surface area contributed by atoms with E-state index in [-0.39, 0.29) is 32.0 Å². The van der Waals surface area contributed by atoms with Crippen LogP contribution in [0.25, 0.3) is 0 Å². The van der Waals surface area contributed by atoms with E-state index in [9.17, 15) is 19.0 Å². The number of carbonyl (C=O) groups is 2. The van der Waals surface area contributed by atoms with Gasteiger partial charge in [0, 0.05) is 12.8 Å². The van der Waals surface area contributed by atoms with Crippen LogP contribution in [0, 0.1) is 0 Å². The molecule has 0 spiro atoms. The van der Waals surface area contributed by atoms with Crippen molar-refractivity contribution in [3.8, 4) is 0 Å². The highest BCUT2D eigenvalue weighted by Gasteiger charge is 2.27. The highest BCUT2D eigenvalue weighted by atomic mass is 31.2. The van der Waals surface area contributed by atoms with Crippen molar-refractivity contribution in [1.82, 2.24) is 0 Å². The predicted molar refractivity (Wildman–Crippen MR) is 408 cm³/mol. The number of unbranched alkanes of at least 4 members (excludes halogenated alkanes) is 38. The van der Waals surface area contributed by atoms with Crippen LogP contribution in [0.4, 0.5) is 0 Å². The molecule has 0 aromatic rings. The van der Waals surface area contributed by atoms with Gasteiger partial charge in [0.2, 0.25) is 0 Å². The number of carbonyl (C=O) groups excluding carboxylic acids is 2. The Morgan fingerprint density at radius 3 is 0.904 bits per heavy atom. The molecule has 0 bridgehead atoms. The molecular weight excluding hydrogens is 1180 g/mol. The van der Waals surface area contributed by atoms with Gasteiger partial charge in [0.1, 0.15) is 19.8 Å². The van der Waals surface area contributed by atoms with E-state index in [1.807, 2.05) is 21.1 Å². The lowest BCUT2D eigenvalue weighted by Gasteiger charge is -2.24. The zero-order chi connectivity index (χ0) is 68.3. The third kappa shape index (κ3) is 77.4. The van der Waals surface area contributed by atoms with E-state index in [4.69, 9.17) is 18.5 Å². The molecule has 0 saturated carbocycles. The van der Waals surface area contributed by atoms with Crippen molar-refractivity contribution in [2.45, 2.75) is 354 Å². The summed E-state index contributed by atoms with van der Waals surface area (Å²) in [5, 5.41) is 0. The van der Waals surface area contributed by atoms with Gasteiger partial charge in [-0.05, 0) is 109 Å². The lowest BCUT2D eigenvalue weighted by Crippen LogP contribution is -2.37. The van der Waals surface area contributed by atoms with Crippen LogP contribution in [-0.4, -0.2) is 74.9 Å². The molecule has 94 heavy (non-hydrogen) atoms. The van der Waals surface area contributed by atoms with Crippen molar-refractivity contribution in [2.75, 3.05) is 47.5 Å². The van der Waals surface area contributed by atoms with Crippen LogP contribution in [0.1, 0.15) is 348 Å². The lowest BCUT2D eigenvalue weighted by atomic mass is 10.0. The maximum Gasteiger partial charge on any atom is 0.472 e. The Hall–Kier alpha value is -3.59. The first-order chi connectivity index (χ1) is 46.0. The second-order valence-corrected chi connectivity index (χ2v) is 28.8. The fraction of sp³-hybridized carbons (Fsp3) is 0.738. The molecule has 0 aliphatic carbocycles. The third-order valence-electron chi connectivity index (χ3n) is 17.0. The molecule has 0 aliphatic heterocycles. The molecule has 0 fully saturated rings. The number of likely N-dealkylation sites (N-methyl/N-ethyl adjacent to an activating group) is 1. The second-order valence-electron chi connectivity index (χ2n) is 27.4. The Kier molecular flexibility index (Phi) is 70.8. The summed E-state index contributed by atoms with van der Waals surface area (Å²) >= 11 is 0. The van der Waals surface area contributed by atoms with Crippen LogP contribution in [-0.2, 0) is 32.7 Å². The Bertz CT molecular complexity index is 2010. The van der Waals surface area contributed by atoms with Crippen LogP contribution < -0.4 is 0 Å². The molecule has 0 aliphatic rings. The van der Waals surface area contributed by atoms with Crippen molar-refractivity contribution in [3.05, 3.63) is 122 Å². The lowest BCUT2D eigenvalue weighted by molar-refractivity contribution is -0.870.